The topological polar surface area (TPSA) is 54.5 Å². The normalized spacial score (nSPS) is 21.1. The summed E-state index contributed by atoms with van der Waals surface area (Å²) in [6, 6.07) is 6.87. The molecule has 1 saturated heterocycles. The van der Waals surface area contributed by atoms with Crippen molar-refractivity contribution in [3.8, 4) is 0 Å². The molecule has 1 aliphatic heterocycles. The summed E-state index contributed by atoms with van der Waals surface area (Å²) in [6.45, 7) is 2.88. The molecular formula is C13H17NO3S. The maximum Gasteiger partial charge on any atom is 0.243 e. The van der Waals surface area contributed by atoms with Gasteiger partial charge in [0.25, 0.3) is 0 Å². The molecule has 1 aliphatic rings. The van der Waals surface area contributed by atoms with Crippen molar-refractivity contribution in [2.24, 2.45) is 5.92 Å². The highest BCUT2D eigenvalue weighted by Gasteiger charge is 2.32. The van der Waals surface area contributed by atoms with E-state index in [4.69, 9.17) is 0 Å². The molecule has 0 N–H and O–H groups in total. The van der Waals surface area contributed by atoms with Gasteiger partial charge in [0.15, 0.2) is 0 Å². The summed E-state index contributed by atoms with van der Waals surface area (Å²) in [4.78, 5) is 10.8. The molecule has 0 aromatic heterocycles. The number of hydrogen-bond acceptors (Lipinski definition) is 3. The van der Waals surface area contributed by atoms with Crippen LogP contribution in [0.2, 0.25) is 0 Å². The highest BCUT2D eigenvalue weighted by Crippen LogP contribution is 2.25. The average Bonchev–Trinajstić information content (AvgIpc) is 2.79. The smallest absolute Gasteiger partial charge is 0.243 e. The van der Waals surface area contributed by atoms with Crippen LogP contribution in [0.1, 0.15) is 18.4 Å². The van der Waals surface area contributed by atoms with Gasteiger partial charge in [-0.25, -0.2) is 8.42 Å². The summed E-state index contributed by atoms with van der Waals surface area (Å²) in [5, 5.41) is 0. The van der Waals surface area contributed by atoms with E-state index in [9.17, 15) is 13.2 Å². The van der Waals surface area contributed by atoms with E-state index in [2.05, 4.69) is 0 Å². The van der Waals surface area contributed by atoms with E-state index in [0.717, 1.165) is 18.3 Å². The highest BCUT2D eigenvalue weighted by molar-refractivity contribution is 7.89. The van der Waals surface area contributed by atoms with Crippen LogP contribution in [-0.2, 0) is 14.8 Å². The van der Waals surface area contributed by atoms with E-state index in [-0.39, 0.29) is 5.92 Å². The summed E-state index contributed by atoms with van der Waals surface area (Å²) in [5.41, 5.74) is 1.04. The van der Waals surface area contributed by atoms with Crippen LogP contribution in [0.3, 0.4) is 0 Å². The lowest BCUT2D eigenvalue weighted by Crippen LogP contribution is -2.28. The first kappa shape index (κ1) is 13.2. The molecule has 1 aromatic carbocycles. The SMILES string of the molecule is Cc1ccc(S(=O)(=O)N2CCC(CC=O)C2)cc1. The predicted octanol–water partition coefficient (Wildman–Crippen LogP) is 1.59. The van der Waals surface area contributed by atoms with Crippen LogP contribution in [0.15, 0.2) is 29.2 Å². The number of sulfonamides is 1. The Morgan fingerprint density at radius 3 is 2.61 bits per heavy atom. The van der Waals surface area contributed by atoms with Crippen molar-refractivity contribution in [2.75, 3.05) is 13.1 Å². The van der Waals surface area contributed by atoms with Gasteiger partial charge in [-0.1, -0.05) is 17.7 Å². The molecule has 0 amide bonds. The van der Waals surface area contributed by atoms with E-state index in [1.165, 1.54) is 4.31 Å². The Balaban J connectivity index is 2.17. The zero-order chi connectivity index (χ0) is 13.2. The van der Waals surface area contributed by atoms with Crippen LogP contribution in [0.5, 0.6) is 0 Å². The molecule has 0 radical (unpaired) electrons. The lowest BCUT2D eigenvalue weighted by molar-refractivity contribution is -0.108. The molecular weight excluding hydrogens is 250 g/mol. The first-order valence-electron chi connectivity index (χ1n) is 6.04. The largest absolute Gasteiger partial charge is 0.303 e. The maximum absolute atomic E-state index is 12.3. The Morgan fingerprint density at radius 2 is 2.00 bits per heavy atom. The van der Waals surface area contributed by atoms with Crippen molar-refractivity contribution in [3.63, 3.8) is 0 Å². The van der Waals surface area contributed by atoms with E-state index in [1.807, 2.05) is 6.92 Å². The molecule has 4 nitrogen and oxygen atoms in total. The van der Waals surface area contributed by atoms with Gasteiger partial charge in [0.1, 0.15) is 6.29 Å². The van der Waals surface area contributed by atoms with Crippen LogP contribution in [-0.4, -0.2) is 32.1 Å². The van der Waals surface area contributed by atoms with Crippen molar-refractivity contribution in [3.05, 3.63) is 29.8 Å². The number of rotatable bonds is 4. The van der Waals surface area contributed by atoms with Crippen LogP contribution in [0, 0.1) is 12.8 Å². The van der Waals surface area contributed by atoms with Gasteiger partial charge in [-0.05, 0) is 31.4 Å². The second-order valence-electron chi connectivity index (χ2n) is 4.73. The van der Waals surface area contributed by atoms with E-state index in [0.29, 0.717) is 24.4 Å². The monoisotopic (exact) mass is 267 g/mol. The quantitative estimate of drug-likeness (QED) is 0.779. The van der Waals surface area contributed by atoms with Crippen LogP contribution < -0.4 is 0 Å². The third kappa shape index (κ3) is 2.62. The van der Waals surface area contributed by atoms with Gasteiger partial charge in [-0.2, -0.15) is 4.31 Å². The van der Waals surface area contributed by atoms with Gasteiger partial charge in [-0.15, -0.1) is 0 Å². The van der Waals surface area contributed by atoms with E-state index < -0.39 is 10.0 Å². The average molecular weight is 267 g/mol. The maximum atomic E-state index is 12.3. The fourth-order valence-corrected chi connectivity index (χ4v) is 3.73. The fraction of sp³-hybridized carbons (Fsp3) is 0.462. The second-order valence-corrected chi connectivity index (χ2v) is 6.67. The van der Waals surface area contributed by atoms with Gasteiger partial charge in [-0.3, -0.25) is 0 Å². The number of carbonyl (C=O) groups excluding carboxylic acids is 1. The molecule has 0 saturated carbocycles. The highest BCUT2D eigenvalue weighted by atomic mass is 32.2. The number of aldehydes is 1. The zero-order valence-corrected chi connectivity index (χ0v) is 11.2. The third-order valence-corrected chi connectivity index (χ3v) is 5.22. The van der Waals surface area contributed by atoms with Gasteiger partial charge < -0.3 is 4.79 Å². The summed E-state index contributed by atoms with van der Waals surface area (Å²) in [5.74, 6) is 0.169. The summed E-state index contributed by atoms with van der Waals surface area (Å²) < 4.78 is 26.1. The minimum atomic E-state index is -3.39. The number of carbonyl (C=O) groups is 1. The minimum absolute atomic E-state index is 0.169. The first-order valence-corrected chi connectivity index (χ1v) is 7.48. The summed E-state index contributed by atoms with van der Waals surface area (Å²) in [6.07, 6.45) is 2.08. The van der Waals surface area contributed by atoms with Crippen LogP contribution in [0.25, 0.3) is 0 Å². The summed E-state index contributed by atoms with van der Waals surface area (Å²) in [7, 11) is -3.39. The van der Waals surface area contributed by atoms with Gasteiger partial charge in [0.2, 0.25) is 10.0 Å². The molecule has 1 unspecified atom stereocenters. The van der Waals surface area contributed by atoms with Crippen molar-refractivity contribution in [2.45, 2.75) is 24.7 Å². The first-order chi connectivity index (χ1) is 8.54. The molecule has 1 heterocycles. The third-order valence-electron chi connectivity index (χ3n) is 3.34. The van der Waals surface area contributed by atoms with Gasteiger partial charge in [0.05, 0.1) is 4.90 Å². The van der Waals surface area contributed by atoms with Gasteiger partial charge in [0, 0.05) is 19.5 Å². The molecule has 0 bridgehead atoms. The lowest BCUT2D eigenvalue weighted by Gasteiger charge is -2.16. The van der Waals surface area contributed by atoms with Crippen LogP contribution >= 0.6 is 0 Å². The Kier molecular flexibility index (Phi) is 3.82. The molecule has 5 heteroatoms. The molecule has 1 fully saturated rings. The van der Waals surface area contributed by atoms with Crippen molar-refractivity contribution in [1.29, 1.82) is 0 Å². The van der Waals surface area contributed by atoms with Crippen molar-refractivity contribution in [1.82, 2.24) is 4.31 Å². The Hall–Kier alpha value is -1.20. The molecule has 18 heavy (non-hydrogen) atoms. The van der Waals surface area contributed by atoms with Crippen molar-refractivity contribution < 1.29 is 13.2 Å². The van der Waals surface area contributed by atoms with Crippen LogP contribution in [0.4, 0.5) is 0 Å². The molecule has 98 valence electrons. The predicted molar refractivity (Wildman–Crippen MR) is 68.7 cm³/mol. The molecule has 0 aliphatic carbocycles. The molecule has 2 rings (SSSR count). The number of benzene rings is 1. The number of aryl methyl sites for hydroxylation is 1. The molecule has 0 spiro atoms. The Labute approximate surface area is 108 Å². The van der Waals surface area contributed by atoms with Crippen molar-refractivity contribution >= 4 is 16.3 Å². The molecule has 1 atom stereocenters. The zero-order valence-electron chi connectivity index (χ0n) is 10.4. The van der Waals surface area contributed by atoms with E-state index >= 15 is 0 Å². The Bertz CT molecular complexity index is 522. The number of nitrogens with zero attached hydrogens (tertiary/aromatic N) is 1. The number of hydrogen-bond donors (Lipinski definition) is 0. The lowest BCUT2D eigenvalue weighted by atomic mass is 10.1. The fourth-order valence-electron chi connectivity index (χ4n) is 2.20. The second kappa shape index (κ2) is 5.20. The van der Waals surface area contributed by atoms with E-state index in [1.54, 1.807) is 24.3 Å². The Morgan fingerprint density at radius 1 is 1.33 bits per heavy atom. The summed E-state index contributed by atoms with van der Waals surface area (Å²) >= 11 is 0. The minimum Gasteiger partial charge on any atom is -0.303 e. The molecule has 1 aromatic rings. The van der Waals surface area contributed by atoms with Gasteiger partial charge >= 0.3 is 0 Å². The standard InChI is InChI=1S/C13H17NO3S/c1-11-2-4-13(5-3-11)18(16,17)14-8-6-12(10-14)7-9-15/h2-5,9,12H,6-8,10H2,1H3.